The monoisotopic (exact) mass is 536 g/mol. The summed E-state index contributed by atoms with van der Waals surface area (Å²) in [5.41, 5.74) is 1.62. The molecule has 204 valence electrons. The Bertz CT molecular complexity index is 992. The highest BCUT2D eigenvalue weighted by molar-refractivity contribution is 7.89. The summed E-state index contributed by atoms with van der Waals surface area (Å²) >= 11 is 0. The van der Waals surface area contributed by atoms with Crippen LogP contribution in [-0.2, 0) is 19.6 Å². The number of nitrogens with zero attached hydrogens (tertiary/aromatic N) is 3. The summed E-state index contributed by atoms with van der Waals surface area (Å²) in [5, 5.41) is 10.4. The van der Waals surface area contributed by atoms with E-state index in [4.69, 9.17) is 9.90 Å². The summed E-state index contributed by atoms with van der Waals surface area (Å²) in [5.74, 6) is -2.87. The molecule has 0 unspecified atom stereocenters. The van der Waals surface area contributed by atoms with Crippen molar-refractivity contribution in [2.75, 3.05) is 58.9 Å². The number of hydrogen-bond acceptors (Lipinski definition) is 6. The second-order valence-corrected chi connectivity index (χ2v) is 10.8. The van der Waals surface area contributed by atoms with Crippen LogP contribution in [0.3, 0.4) is 0 Å². The number of alkyl halides is 3. The van der Waals surface area contributed by atoms with Crippen molar-refractivity contribution in [3.63, 3.8) is 0 Å². The van der Waals surface area contributed by atoms with Gasteiger partial charge in [-0.1, -0.05) is 18.6 Å². The van der Waals surface area contributed by atoms with Gasteiger partial charge in [0.05, 0.1) is 11.4 Å². The Hall–Kier alpha value is -2.22. The van der Waals surface area contributed by atoms with Gasteiger partial charge in [-0.3, -0.25) is 4.79 Å². The quantitative estimate of drug-likeness (QED) is 0.547. The van der Waals surface area contributed by atoms with E-state index in [9.17, 15) is 26.4 Å². The van der Waals surface area contributed by atoms with E-state index in [2.05, 4.69) is 10.2 Å². The number of carbonyl (C=O) groups excluding carboxylic acids is 1. The highest BCUT2D eigenvalue weighted by Crippen LogP contribution is 2.22. The molecule has 0 saturated carbocycles. The number of carboxylic acid groups (broad SMARTS) is 1. The molecule has 1 aromatic carbocycles. The van der Waals surface area contributed by atoms with E-state index in [0.717, 1.165) is 44.6 Å². The van der Waals surface area contributed by atoms with Gasteiger partial charge in [0.2, 0.25) is 15.9 Å². The molecule has 0 radical (unpaired) electrons. The molecule has 2 aliphatic heterocycles. The standard InChI is InChI=1S/C21H34N4O3S.C2HF3O2/c1-18-6-7-19(2)20(16-18)29(27,28)25(15-14-23-10-4-3-5-11-23)17-21(26)24-12-8-22-9-13-24;3-2(4,5)1(6)7/h6-7,16,22H,3-5,8-15,17H2,1-2H3;(H,6,7). The highest BCUT2D eigenvalue weighted by Gasteiger charge is 2.38. The van der Waals surface area contributed by atoms with Crippen LogP contribution in [0.25, 0.3) is 0 Å². The van der Waals surface area contributed by atoms with Crippen LogP contribution in [0, 0.1) is 13.8 Å². The largest absolute Gasteiger partial charge is 0.490 e. The van der Waals surface area contributed by atoms with Crippen LogP contribution in [-0.4, -0.2) is 105 Å². The van der Waals surface area contributed by atoms with Crippen molar-refractivity contribution in [3.8, 4) is 0 Å². The number of aliphatic carboxylic acids is 1. The molecule has 2 aliphatic rings. The number of halogens is 3. The first kappa shape index (κ1) is 30.0. The van der Waals surface area contributed by atoms with Gasteiger partial charge in [0, 0.05) is 39.3 Å². The zero-order valence-corrected chi connectivity index (χ0v) is 21.5. The van der Waals surface area contributed by atoms with E-state index in [-0.39, 0.29) is 12.5 Å². The fourth-order valence-electron chi connectivity index (χ4n) is 4.01. The summed E-state index contributed by atoms with van der Waals surface area (Å²) in [7, 11) is -3.75. The highest BCUT2D eigenvalue weighted by atomic mass is 32.2. The van der Waals surface area contributed by atoms with Crippen molar-refractivity contribution in [2.24, 2.45) is 0 Å². The van der Waals surface area contributed by atoms with Gasteiger partial charge in [0.25, 0.3) is 0 Å². The zero-order valence-electron chi connectivity index (χ0n) is 20.7. The van der Waals surface area contributed by atoms with Crippen molar-refractivity contribution >= 4 is 21.9 Å². The third-order valence-electron chi connectivity index (χ3n) is 6.10. The van der Waals surface area contributed by atoms with Crippen LogP contribution < -0.4 is 5.32 Å². The molecule has 0 spiro atoms. The lowest BCUT2D eigenvalue weighted by Gasteiger charge is -2.32. The molecule has 0 aromatic heterocycles. The van der Waals surface area contributed by atoms with E-state index < -0.39 is 22.2 Å². The average Bonchev–Trinajstić information content (AvgIpc) is 2.84. The third kappa shape index (κ3) is 9.02. The number of carboxylic acids is 1. The summed E-state index contributed by atoms with van der Waals surface area (Å²) in [6.07, 6.45) is -1.53. The van der Waals surface area contributed by atoms with E-state index in [0.29, 0.717) is 36.6 Å². The molecular weight excluding hydrogens is 501 g/mol. The molecule has 2 fully saturated rings. The normalized spacial score (nSPS) is 17.4. The minimum Gasteiger partial charge on any atom is -0.475 e. The number of rotatable bonds is 7. The second-order valence-electron chi connectivity index (χ2n) is 8.94. The lowest BCUT2D eigenvalue weighted by Crippen LogP contribution is -2.51. The molecule has 0 atom stereocenters. The predicted molar refractivity (Wildman–Crippen MR) is 128 cm³/mol. The van der Waals surface area contributed by atoms with Crippen LogP contribution in [0.15, 0.2) is 23.1 Å². The SMILES string of the molecule is Cc1ccc(C)c(S(=O)(=O)N(CCN2CCCCC2)CC(=O)N2CCNCC2)c1.O=C(O)C(F)(F)F. The molecule has 0 aliphatic carbocycles. The fourth-order valence-corrected chi connectivity index (χ4v) is 5.70. The Balaban J connectivity index is 0.000000572. The van der Waals surface area contributed by atoms with Crippen LogP contribution in [0.2, 0.25) is 0 Å². The van der Waals surface area contributed by atoms with Crippen LogP contribution in [0.5, 0.6) is 0 Å². The number of piperazine rings is 1. The summed E-state index contributed by atoms with van der Waals surface area (Å²) < 4.78 is 60.2. The molecule has 9 nitrogen and oxygen atoms in total. The van der Waals surface area contributed by atoms with Crippen molar-refractivity contribution in [1.82, 2.24) is 19.4 Å². The number of sulfonamides is 1. The number of carbonyl (C=O) groups is 2. The minimum atomic E-state index is -5.08. The maximum atomic E-state index is 13.5. The zero-order chi connectivity index (χ0) is 26.9. The Morgan fingerprint density at radius 2 is 1.64 bits per heavy atom. The molecule has 2 heterocycles. The van der Waals surface area contributed by atoms with Gasteiger partial charge in [0.1, 0.15) is 0 Å². The number of aryl methyl sites for hydroxylation is 2. The van der Waals surface area contributed by atoms with Crippen molar-refractivity contribution in [3.05, 3.63) is 29.3 Å². The van der Waals surface area contributed by atoms with Gasteiger partial charge in [-0.15, -0.1) is 0 Å². The molecule has 3 rings (SSSR count). The van der Waals surface area contributed by atoms with Crippen LogP contribution in [0.4, 0.5) is 13.2 Å². The van der Waals surface area contributed by atoms with E-state index in [1.165, 1.54) is 10.7 Å². The molecule has 1 amide bonds. The second kappa shape index (κ2) is 13.4. The summed E-state index contributed by atoms with van der Waals surface area (Å²) in [6.45, 7) is 9.38. The fraction of sp³-hybridized carbons (Fsp3) is 0.652. The van der Waals surface area contributed by atoms with Crippen LogP contribution in [0.1, 0.15) is 30.4 Å². The number of benzene rings is 1. The Morgan fingerprint density at radius 1 is 1.06 bits per heavy atom. The Labute approximate surface area is 210 Å². The first-order chi connectivity index (χ1) is 16.8. The molecule has 2 N–H and O–H groups in total. The molecule has 1 aromatic rings. The lowest BCUT2D eigenvalue weighted by atomic mass is 10.1. The first-order valence-corrected chi connectivity index (χ1v) is 13.3. The predicted octanol–water partition coefficient (Wildman–Crippen LogP) is 1.85. The number of likely N-dealkylation sites (tertiary alicyclic amines) is 1. The smallest absolute Gasteiger partial charge is 0.475 e. The van der Waals surface area contributed by atoms with Gasteiger partial charge in [-0.05, 0) is 57.0 Å². The maximum absolute atomic E-state index is 13.5. The topological polar surface area (TPSA) is 110 Å². The summed E-state index contributed by atoms with van der Waals surface area (Å²) in [4.78, 5) is 26.2. The minimum absolute atomic E-state index is 0.0937. The van der Waals surface area contributed by atoms with Gasteiger partial charge in [-0.25, -0.2) is 13.2 Å². The van der Waals surface area contributed by atoms with Gasteiger partial charge in [-0.2, -0.15) is 17.5 Å². The lowest BCUT2D eigenvalue weighted by molar-refractivity contribution is -0.192. The average molecular weight is 537 g/mol. The Kier molecular flexibility index (Phi) is 11.1. The van der Waals surface area contributed by atoms with Crippen molar-refractivity contribution in [2.45, 2.75) is 44.2 Å². The number of nitrogens with one attached hydrogen (secondary N) is 1. The Morgan fingerprint density at radius 3 is 2.19 bits per heavy atom. The number of amides is 1. The van der Waals surface area contributed by atoms with Crippen molar-refractivity contribution in [1.29, 1.82) is 0 Å². The van der Waals surface area contributed by atoms with E-state index in [1.807, 2.05) is 26.0 Å². The molecular formula is C23H35F3N4O5S. The summed E-state index contributed by atoms with van der Waals surface area (Å²) in [6, 6.07) is 5.47. The van der Waals surface area contributed by atoms with Crippen molar-refractivity contribution < 1.29 is 36.3 Å². The van der Waals surface area contributed by atoms with E-state index >= 15 is 0 Å². The van der Waals surface area contributed by atoms with Gasteiger partial charge < -0.3 is 20.2 Å². The van der Waals surface area contributed by atoms with Gasteiger partial charge >= 0.3 is 12.1 Å². The molecule has 0 bridgehead atoms. The number of piperidine rings is 1. The van der Waals surface area contributed by atoms with E-state index in [1.54, 1.807) is 11.0 Å². The molecule has 13 heteroatoms. The third-order valence-corrected chi connectivity index (χ3v) is 8.09. The van der Waals surface area contributed by atoms with Gasteiger partial charge in [0.15, 0.2) is 0 Å². The number of hydrogen-bond donors (Lipinski definition) is 2. The molecule has 36 heavy (non-hydrogen) atoms. The van der Waals surface area contributed by atoms with Crippen LogP contribution >= 0.6 is 0 Å². The maximum Gasteiger partial charge on any atom is 0.490 e. The first-order valence-electron chi connectivity index (χ1n) is 11.9. The molecule has 2 saturated heterocycles.